The number of nitro benzene ring substituents is 1. The van der Waals surface area contributed by atoms with Gasteiger partial charge in [-0.3, -0.25) is 14.9 Å². The van der Waals surface area contributed by atoms with Crippen molar-refractivity contribution in [3.8, 4) is 0 Å². The van der Waals surface area contributed by atoms with Gasteiger partial charge in [0.1, 0.15) is 0 Å². The minimum atomic E-state index is -1.28. The van der Waals surface area contributed by atoms with Gasteiger partial charge in [0.15, 0.2) is 6.10 Å². The van der Waals surface area contributed by atoms with Crippen LogP contribution in [-0.2, 0) is 4.79 Å². The van der Waals surface area contributed by atoms with E-state index in [1.807, 2.05) is 0 Å². The number of carbonyl (C=O) groups is 1. The van der Waals surface area contributed by atoms with Gasteiger partial charge in [-0.05, 0) is 30.5 Å². The standard InChI is InChI=1S/C14H18N2O4/c17-13(10-6-8-12(9-7-10)16(19)20)14(18)15-11-4-2-1-3-5-11/h6-9,11,13,17H,1-5H2,(H,15,18). The molecule has 1 fully saturated rings. The molecule has 6 nitrogen and oxygen atoms in total. The Labute approximate surface area is 117 Å². The van der Waals surface area contributed by atoms with Crippen LogP contribution in [0, 0.1) is 10.1 Å². The third-order valence-electron chi connectivity index (χ3n) is 3.62. The predicted molar refractivity (Wildman–Crippen MR) is 73.1 cm³/mol. The monoisotopic (exact) mass is 278 g/mol. The first-order chi connectivity index (χ1) is 9.58. The lowest BCUT2D eigenvalue weighted by Gasteiger charge is -2.24. The third-order valence-corrected chi connectivity index (χ3v) is 3.62. The fraction of sp³-hybridized carbons (Fsp3) is 0.500. The molecule has 0 heterocycles. The van der Waals surface area contributed by atoms with Crippen molar-refractivity contribution < 1.29 is 14.8 Å². The Bertz CT molecular complexity index is 480. The maximum absolute atomic E-state index is 11.9. The molecule has 1 saturated carbocycles. The van der Waals surface area contributed by atoms with E-state index in [9.17, 15) is 20.0 Å². The quantitative estimate of drug-likeness (QED) is 0.651. The van der Waals surface area contributed by atoms with Gasteiger partial charge in [0, 0.05) is 18.2 Å². The molecular formula is C14H18N2O4. The summed E-state index contributed by atoms with van der Waals surface area (Å²) < 4.78 is 0. The smallest absolute Gasteiger partial charge is 0.269 e. The van der Waals surface area contributed by atoms with Crippen molar-refractivity contribution in [3.63, 3.8) is 0 Å². The van der Waals surface area contributed by atoms with Crippen LogP contribution >= 0.6 is 0 Å². The van der Waals surface area contributed by atoms with Crippen molar-refractivity contribution >= 4 is 11.6 Å². The van der Waals surface area contributed by atoms with Crippen molar-refractivity contribution in [1.29, 1.82) is 0 Å². The number of hydrogen-bond donors (Lipinski definition) is 2. The molecule has 0 saturated heterocycles. The molecule has 0 aromatic heterocycles. The fourth-order valence-electron chi connectivity index (χ4n) is 2.46. The minimum absolute atomic E-state index is 0.0614. The van der Waals surface area contributed by atoms with Gasteiger partial charge >= 0.3 is 0 Å². The number of rotatable bonds is 4. The Hall–Kier alpha value is -1.95. The molecule has 108 valence electrons. The Morgan fingerprint density at radius 3 is 2.40 bits per heavy atom. The summed E-state index contributed by atoms with van der Waals surface area (Å²) in [5.74, 6) is -0.439. The molecule has 0 bridgehead atoms. The largest absolute Gasteiger partial charge is 0.378 e. The maximum Gasteiger partial charge on any atom is 0.269 e. The van der Waals surface area contributed by atoms with Crippen molar-refractivity contribution in [3.05, 3.63) is 39.9 Å². The minimum Gasteiger partial charge on any atom is -0.378 e. The number of nitrogens with zero attached hydrogens (tertiary/aromatic N) is 1. The van der Waals surface area contributed by atoms with Crippen LogP contribution in [-0.4, -0.2) is 22.0 Å². The normalized spacial score (nSPS) is 17.4. The van der Waals surface area contributed by atoms with Gasteiger partial charge in [0.05, 0.1) is 4.92 Å². The second-order valence-corrected chi connectivity index (χ2v) is 5.09. The molecular weight excluding hydrogens is 260 g/mol. The molecule has 1 aliphatic carbocycles. The topological polar surface area (TPSA) is 92.5 Å². The van der Waals surface area contributed by atoms with Gasteiger partial charge in [-0.15, -0.1) is 0 Å². The van der Waals surface area contributed by atoms with E-state index in [4.69, 9.17) is 0 Å². The number of nitro groups is 1. The van der Waals surface area contributed by atoms with Crippen LogP contribution in [0.2, 0.25) is 0 Å². The molecule has 20 heavy (non-hydrogen) atoms. The van der Waals surface area contributed by atoms with E-state index < -0.39 is 16.9 Å². The number of benzene rings is 1. The summed E-state index contributed by atoms with van der Waals surface area (Å²) in [4.78, 5) is 22.0. The summed E-state index contributed by atoms with van der Waals surface area (Å²) in [6.45, 7) is 0. The average molecular weight is 278 g/mol. The molecule has 0 spiro atoms. The zero-order valence-electron chi connectivity index (χ0n) is 11.1. The van der Waals surface area contributed by atoms with Crippen molar-refractivity contribution in [1.82, 2.24) is 5.32 Å². The van der Waals surface area contributed by atoms with Crippen LogP contribution < -0.4 is 5.32 Å². The lowest BCUT2D eigenvalue weighted by atomic mass is 9.95. The molecule has 1 amide bonds. The SMILES string of the molecule is O=C(NC1CCCCC1)C(O)c1ccc([N+](=O)[O-])cc1. The fourth-order valence-corrected chi connectivity index (χ4v) is 2.46. The Kier molecular flexibility index (Phi) is 4.68. The molecule has 2 N–H and O–H groups in total. The molecule has 1 aromatic rings. The molecule has 0 aliphatic heterocycles. The van der Waals surface area contributed by atoms with Crippen LogP contribution in [0.1, 0.15) is 43.8 Å². The highest BCUT2D eigenvalue weighted by Gasteiger charge is 2.22. The number of aliphatic hydroxyl groups excluding tert-OH is 1. The number of carbonyl (C=O) groups excluding carboxylic acids is 1. The van der Waals surface area contributed by atoms with Gasteiger partial charge in [0.25, 0.3) is 11.6 Å². The van der Waals surface area contributed by atoms with E-state index >= 15 is 0 Å². The van der Waals surface area contributed by atoms with E-state index in [2.05, 4.69) is 5.32 Å². The van der Waals surface area contributed by atoms with Crippen LogP contribution in [0.4, 0.5) is 5.69 Å². The molecule has 6 heteroatoms. The number of amides is 1. The van der Waals surface area contributed by atoms with E-state index in [0.717, 1.165) is 25.7 Å². The molecule has 1 unspecified atom stereocenters. The van der Waals surface area contributed by atoms with Gasteiger partial charge in [-0.1, -0.05) is 19.3 Å². The predicted octanol–water partition coefficient (Wildman–Crippen LogP) is 2.08. The molecule has 1 aliphatic rings. The first kappa shape index (κ1) is 14.5. The summed E-state index contributed by atoms with van der Waals surface area (Å²) >= 11 is 0. The zero-order chi connectivity index (χ0) is 14.5. The maximum atomic E-state index is 11.9. The van der Waals surface area contributed by atoms with Gasteiger partial charge < -0.3 is 10.4 Å². The van der Waals surface area contributed by atoms with Gasteiger partial charge in [-0.25, -0.2) is 0 Å². The van der Waals surface area contributed by atoms with E-state index in [1.165, 1.54) is 30.7 Å². The lowest BCUT2D eigenvalue weighted by molar-refractivity contribution is -0.384. The molecule has 0 radical (unpaired) electrons. The summed E-state index contributed by atoms with van der Waals surface area (Å²) in [6.07, 6.45) is 3.99. The second kappa shape index (κ2) is 6.47. The summed E-state index contributed by atoms with van der Waals surface area (Å²) in [7, 11) is 0. The molecule has 2 rings (SSSR count). The Morgan fingerprint density at radius 2 is 1.85 bits per heavy atom. The number of hydrogen-bond acceptors (Lipinski definition) is 4. The third kappa shape index (κ3) is 3.54. The lowest BCUT2D eigenvalue weighted by Crippen LogP contribution is -2.39. The number of nitrogens with one attached hydrogen (secondary N) is 1. The highest BCUT2D eigenvalue weighted by molar-refractivity contribution is 5.82. The summed E-state index contributed by atoms with van der Waals surface area (Å²) in [5.41, 5.74) is 0.303. The molecule has 1 atom stereocenters. The van der Waals surface area contributed by atoms with Crippen molar-refractivity contribution in [2.24, 2.45) is 0 Å². The van der Waals surface area contributed by atoms with E-state index in [0.29, 0.717) is 5.56 Å². The number of aliphatic hydroxyl groups is 1. The van der Waals surface area contributed by atoms with E-state index in [1.54, 1.807) is 0 Å². The van der Waals surface area contributed by atoms with Crippen LogP contribution in [0.3, 0.4) is 0 Å². The first-order valence-electron chi connectivity index (χ1n) is 6.80. The Balaban J connectivity index is 1.96. The van der Waals surface area contributed by atoms with Crippen LogP contribution in [0.15, 0.2) is 24.3 Å². The van der Waals surface area contributed by atoms with Gasteiger partial charge in [-0.2, -0.15) is 0 Å². The highest BCUT2D eigenvalue weighted by atomic mass is 16.6. The van der Waals surface area contributed by atoms with Crippen LogP contribution in [0.5, 0.6) is 0 Å². The second-order valence-electron chi connectivity index (χ2n) is 5.09. The Morgan fingerprint density at radius 1 is 1.25 bits per heavy atom. The zero-order valence-corrected chi connectivity index (χ0v) is 11.1. The first-order valence-corrected chi connectivity index (χ1v) is 6.80. The van der Waals surface area contributed by atoms with Crippen LogP contribution in [0.25, 0.3) is 0 Å². The number of non-ortho nitro benzene ring substituents is 1. The summed E-state index contributed by atoms with van der Waals surface area (Å²) in [5, 5.41) is 23.3. The summed E-state index contributed by atoms with van der Waals surface area (Å²) in [6, 6.07) is 5.51. The van der Waals surface area contributed by atoms with Crippen molar-refractivity contribution in [2.75, 3.05) is 0 Å². The van der Waals surface area contributed by atoms with Crippen molar-refractivity contribution in [2.45, 2.75) is 44.2 Å². The molecule has 1 aromatic carbocycles. The van der Waals surface area contributed by atoms with E-state index in [-0.39, 0.29) is 11.7 Å². The highest BCUT2D eigenvalue weighted by Crippen LogP contribution is 2.20. The van der Waals surface area contributed by atoms with Gasteiger partial charge in [0.2, 0.25) is 0 Å². The average Bonchev–Trinajstić information content (AvgIpc) is 2.47.